The summed E-state index contributed by atoms with van der Waals surface area (Å²) in [5.74, 6) is -0.938. The van der Waals surface area contributed by atoms with E-state index in [4.69, 9.17) is 21.7 Å². The number of anilines is 1. The molecule has 0 aromatic heterocycles. The topological polar surface area (TPSA) is 67.9 Å². The number of thiocarbonyl (C=S) groups is 1. The second-order valence-corrected chi connectivity index (χ2v) is 6.37. The number of hydrogen-bond acceptors (Lipinski definition) is 5. The Balaban J connectivity index is 2.00. The SMILES string of the molecule is CCOc1ccc(/C=C2\C(=O)NC(=S)N(c3ccccc3F)C2=O)cc1OCC. The molecule has 1 saturated heterocycles. The lowest BCUT2D eigenvalue weighted by Crippen LogP contribution is -2.54. The Bertz CT molecular complexity index is 1010. The molecule has 1 aliphatic rings. The average molecular weight is 414 g/mol. The van der Waals surface area contributed by atoms with Crippen LogP contribution in [-0.2, 0) is 9.59 Å². The molecule has 29 heavy (non-hydrogen) atoms. The molecule has 2 aromatic rings. The van der Waals surface area contributed by atoms with Gasteiger partial charge in [0.1, 0.15) is 11.4 Å². The number of amides is 2. The molecule has 3 rings (SSSR count). The maximum absolute atomic E-state index is 14.2. The maximum Gasteiger partial charge on any atom is 0.270 e. The van der Waals surface area contributed by atoms with Gasteiger partial charge in [0.05, 0.1) is 18.9 Å². The second-order valence-electron chi connectivity index (χ2n) is 5.98. The average Bonchev–Trinajstić information content (AvgIpc) is 2.68. The van der Waals surface area contributed by atoms with Gasteiger partial charge in [0.25, 0.3) is 11.8 Å². The zero-order chi connectivity index (χ0) is 21.0. The van der Waals surface area contributed by atoms with Crippen molar-refractivity contribution in [2.75, 3.05) is 18.1 Å². The molecule has 0 atom stereocenters. The monoisotopic (exact) mass is 414 g/mol. The molecule has 0 saturated carbocycles. The van der Waals surface area contributed by atoms with Crippen LogP contribution in [0.2, 0.25) is 0 Å². The van der Waals surface area contributed by atoms with Gasteiger partial charge in [0.15, 0.2) is 16.6 Å². The van der Waals surface area contributed by atoms with Crippen molar-refractivity contribution in [1.82, 2.24) is 5.32 Å². The molecule has 8 heteroatoms. The van der Waals surface area contributed by atoms with Gasteiger partial charge in [-0.25, -0.2) is 9.29 Å². The molecule has 0 spiro atoms. The first-order valence-electron chi connectivity index (χ1n) is 9.01. The molecular weight excluding hydrogens is 395 g/mol. The summed E-state index contributed by atoms with van der Waals surface area (Å²) in [5.41, 5.74) is 0.347. The van der Waals surface area contributed by atoms with E-state index in [2.05, 4.69) is 5.32 Å². The highest BCUT2D eigenvalue weighted by Gasteiger charge is 2.35. The van der Waals surface area contributed by atoms with E-state index in [1.54, 1.807) is 24.3 Å². The summed E-state index contributed by atoms with van der Waals surface area (Å²) in [6.45, 7) is 4.59. The van der Waals surface area contributed by atoms with Gasteiger partial charge in [-0.2, -0.15) is 0 Å². The Morgan fingerprint density at radius 1 is 1.07 bits per heavy atom. The van der Waals surface area contributed by atoms with Crippen LogP contribution in [0.5, 0.6) is 11.5 Å². The highest BCUT2D eigenvalue weighted by molar-refractivity contribution is 7.80. The lowest BCUT2D eigenvalue weighted by atomic mass is 10.1. The minimum atomic E-state index is -0.712. The molecule has 6 nitrogen and oxygen atoms in total. The van der Waals surface area contributed by atoms with Gasteiger partial charge in [-0.15, -0.1) is 0 Å². The fourth-order valence-electron chi connectivity index (χ4n) is 2.83. The van der Waals surface area contributed by atoms with Crippen LogP contribution in [-0.4, -0.2) is 30.1 Å². The number of rotatable bonds is 6. The van der Waals surface area contributed by atoms with E-state index in [0.717, 1.165) is 4.90 Å². The number of ether oxygens (including phenoxy) is 2. The minimum absolute atomic E-state index is 0.0323. The highest BCUT2D eigenvalue weighted by atomic mass is 32.1. The third-order valence-electron chi connectivity index (χ3n) is 4.07. The predicted molar refractivity (Wildman–Crippen MR) is 111 cm³/mol. The molecule has 0 radical (unpaired) electrons. The summed E-state index contributed by atoms with van der Waals surface area (Å²) < 4.78 is 25.3. The summed E-state index contributed by atoms with van der Waals surface area (Å²) in [6.07, 6.45) is 1.41. The van der Waals surface area contributed by atoms with E-state index in [1.165, 1.54) is 24.3 Å². The Morgan fingerprint density at radius 3 is 2.45 bits per heavy atom. The second kappa shape index (κ2) is 8.83. The first kappa shape index (κ1) is 20.5. The van der Waals surface area contributed by atoms with Gasteiger partial charge in [0.2, 0.25) is 0 Å². The predicted octanol–water partition coefficient (Wildman–Crippen LogP) is 3.45. The van der Waals surface area contributed by atoms with E-state index in [9.17, 15) is 14.0 Å². The molecule has 1 heterocycles. The number of hydrogen-bond donors (Lipinski definition) is 1. The van der Waals surface area contributed by atoms with Crippen LogP contribution >= 0.6 is 12.2 Å². The van der Waals surface area contributed by atoms with E-state index in [1.807, 2.05) is 13.8 Å². The Morgan fingerprint density at radius 2 is 1.76 bits per heavy atom. The fourth-order valence-corrected chi connectivity index (χ4v) is 3.11. The van der Waals surface area contributed by atoms with Crippen molar-refractivity contribution < 1.29 is 23.5 Å². The van der Waals surface area contributed by atoms with Crippen molar-refractivity contribution in [1.29, 1.82) is 0 Å². The number of nitrogens with one attached hydrogen (secondary N) is 1. The summed E-state index contributed by atoms with van der Waals surface area (Å²) in [7, 11) is 0. The summed E-state index contributed by atoms with van der Waals surface area (Å²) >= 11 is 5.08. The van der Waals surface area contributed by atoms with Gasteiger partial charge in [0, 0.05) is 0 Å². The molecule has 1 aliphatic heterocycles. The smallest absolute Gasteiger partial charge is 0.270 e. The third-order valence-corrected chi connectivity index (χ3v) is 4.36. The van der Waals surface area contributed by atoms with E-state index >= 15 is 0 Å². The normalized spacial score (nSPS) is 15.5. The van der Waals surface area contributed by atoms with E-state index < -0.39 is 17.6 Å². The number of halogens is 1. The van der Waals surface area contributed by atoms with Crippen molar-refractivity contribution in [3.8, 4) is 11.5 Å². The van der Waals surface area contributed by atoms with Crippen LogP contribution in [0, 0.1) is 5.82 Å². The number of benzene rings is 2. The van der Waals surface area contributed by atoms with E-state index in [-0.39, 0.29) is 16.4 Å². The molecule has 0 aliphatic carbocycles. The molecule has 1 N–H and O–H groups in total. The standard InChI is InChI=1S/C21H19FN2O4S/c1-3-27-17-10-9-13(12-18(17)28-4-2)11-14-19(25)23-21(29)24(20(14)26)16-8-6-5-7-15(16)22/h5-12H,3-4H2,1-2H3,(H,23,25,29)/b14-11+. The molecule has 1 fully saturated rings. The van der Waals surface area contributed by atoms with Crippen LogP contribution < -0.4 is 19.7 Å². The van der Waals surface area contributed by atoms with Crippen LogP contribution in [0.1, 0.15) is 19.4 Å². The number of carbonyl (C=O) groups excluding carboxylic acids is 2. The van der Waals surface area contributed by atoms with Crippen molar-refractivity contribution in [2.45, 2.75) is 13.8 Å². The van der Waals surface area contributed by atoms with Crippen molar-refractivity contribution in [2.24, 2.45) is 0 Å². The Labute approximate surface area is 172 Å². The Hall–Kier alpha value is -3.26. The first-order chi connectivity index (χ1) is 14.0. The molecule has 2 aromatic carbocycles. The van der Waals surface area contributed by atoms with E-state index in [0.29, 0.717) is 30.3 Å². The Kier molecular flexibility index (Phi) is 6.23. The number of para-hydroxylation sites is 1. The van der Waals surface area contributed by atoms with Gasteiger partial charge >= 0.3 is 0 Å². The molecule has 2 amide bonds. The summed E-state index contributed by atoms with van der Waals surface area (Å²) in [4.78, 5) is 26.3. The van der Waals surface area contributed by atoms with Crippen LogP contribution in [0.3, 0.4) is 0 Å². The number of carbonyl (C=O) groups is 2. The number of nitrogens with zero attached hydrogens (tertiary/aromatic N) is 1. The summed E-state index contributed by atoms with van der Waals surface area (Å²) in [6, 6.07) is 10.8. The first-order valence-corrected chi connectivity index (χ1v) is 9.42. The summed E-state index contributed by atoms with van der Waals surface area (Å²) in [5, 5.41) is 2.26. The highest BCUT2D eigenvalue weighted by Crippen LogP contribution is 2.30. The van der Waals surface area contributed by atoms with Gasteiger partial charge < -0.3 is 9.47 Å². The van der Waals surface area contributed by atoms with Crippen LogP contribution in [0.25, 0.3) is 6.08 Å². The van der Waals surface area contributed by atoms with Gasteiger partial charge in [-0.3, -0.25) is 14.9 Å². The van der Waals surface area contributed by atoms with Crippen LogP contribution in [0.15, 0.2) is 48.0 Å². The quantitative estimate of drug-likeness (QED) is 0.446. The zero-order valence-corrected chi connectivity index (χ0v) is 16.7. The molecule has 0 bridgehead atoms. The third kappa shape index (κ3) is 4.27. The van der Waals surface area contributed by atoms with Gasteiger partial charge in [-0.05, 0) is 62.0 Å². The van der Waals surface area contributed by atoms with Gasteiger partial charge in [-0.1, -0.05) is 18.2 Å². The fraction of sp³-hybridized carbons (Fsp3) is 0.190. The molecule has 150 valence electrons. The van der Waals surface area contributed by atoms with Crippen molar-refractivity contribution >= 4 is 40.9 Å². The van der Waals surface area contributed by atoms with Crippen LogP contribution in [0.4, 0.5) is 10.1 Å². The lowest BCUT2D eigenvalue weighted by molar-refractivity contribution is -0.122. The molecular formula is C21H19FN2O4S. The lowest BCUT2D eigenvalue weighted by Gasteiger charge is -2.29. The largest absolute Gasteiger partial charge is 0.490 e. The zero-order valence-electron chi connectivity index (χ0n) is 15.9. The maximum atomic E-state index is 14.2. The minimum Gasteiger partial charge on any atom is -0.490 e. The van der Waals surface area contributed by atoms with Crippen molar-refractivity contribution in [3.63, 3.8) is 0 Å². The van der Waals surface area contributed by atoms with Crippen molar-refractivity contribution in [3.05, 3.63) is 59.4 Å². The molecule has 0 unspecified atom stereocenters.